The second-order valence-electron chi connectivity index (χ2n) is 4.28. The van der Waals surface area contributed by atoms with Gasteiger partial charge in [-0.3, -0.25) is 0 Å². The van der Waals surface area contributed by atoms with Crippen LogP contribution in [0.1, 0.15) is 0 Å². The third kappa shape index (κ3) is 2.55. The average molecular weight is 404 g/mol. The number of fused-ring (bicyclic) bond motifs is 1. The molecule has 0 radical (unpaired) electrons. The van der Waals surface area contributed by atoms with E-state index in [1.807, 2.05) is 0 Å². The van der Waals surface area contributed by atoms with Crippen molar-refractivity contribution in [3.05, 3.63) is 46.0 Å². The summed E-state index contributed by atoms with van der Waals surface area (Å²) < 4.78 is 26.1. The number of thiophene rings is 1. The summed E-state index contributed by atoms with van der Waals surface area (Å²) in [4.78, 5) is 4.96. The molecule has 0 atom stereocenters. The monoisotopic (exact) mass is 402 g/mol. The molecule has 0 saturated heterocycles. The van der Waals surface area contributed by atoms with Crippen molar-refractivity contribution >= 4 is 64.6 Å². The number of nitrogen functional groups attached to an aromatic ring is 1. The SMILES string of the molecule is Nc1cnc2sc(S(=O)(=O)c3ccc(Cl)cc3)c(Br)c2c1. The lowest BCUT2D eigenvalue weighted by molar-refractivity contribution is 0.598. The molecule has 4 nitrogen and oxygen atoms in total. The van der Waals surface area contributed by atoms with Crippen molar-refractivity contribution < 1.29 is 8.42 Å². The fourth-order valence-corrected chi connectivity index (χ4v) is 6.05. The summed E-state index contributed by atoms with van der Waals surface area (Å²) in [6.07, 6.45) is 1.50. The summed E-state index contributed by atoms with van der Waals surface area (Å²) in [6, 6.07) is 7.76. The summed E-state index contributed by atoms with van der Waals surface area (Å²) in [7, 11) is -3.63. The molecule has 0 bridgehead atoms. The molecule has 0 saturated carbocycles. The van der Waals surface area contributed by atoms with Crippen LogP contribution in [0.15, 0.2) is 50.1 Å². The number of nitrogens with zero attached hydrogens (tertiary/aromatic N) is 1. The highest BCUT2D eigenvalue weighted by molar-refractivity contribution is 9.10. The first-order valence-electron chi connectivity index (χ1n) is 5.74. The van der Waals surface area contributed by atoms with E-state index in [0.717, 1.165) is 11.3 Å². The van der Waals surface area contributed by atoms with E-state index in [1.54, 1.807) is 18.2 Å². The first-order valence-corrected chi connectivity index (χ1v) is 9.21. The topological polar surface area (TPSA) is 73.0 Å². The number of sulfone groups is 1. The molecule has 108 valence electrons. The van der Waals surface area contributed by atoms with Crippen LogP contribution in [0.3, 0.4) is 0 Å². The number of hydrogen-bond acceptors (Lipinski definition) is 5. The van der Waals surface area contributed by atoms with Gasteiger partial charge in [-0.05, 0) is 46.3 Å². The van der Waals surface area contributed by atoms with Crippen LogP contribution >= 0.6 is 38.9 Å². The lowest BCUT2D eigenvalue weighted by Gasteiger charge is -2.02. The highest BCUT2D eigenvalue weighted by Gasteiger charge is 2.25. The number of aromatic nitrogens is 1. The summed E-state index contributed by atoms with van der Waals surface area (Å²) in [5.74, 6) is 0. The van der Waals surface area contributed by atoms with E-state index >= 15 is 0 Å². The molecule has 1 aromatic carbocycles. The molecule has 21 heavy (non-hydrogen) atoms. The molecule has 0 unspecified atom stereocenters. The molecule has 0 fully saturated rings. The van der Waals surface area contributed by atoms with Gasteiger partial charge in [0.25, 0.3) is 0 Å². The largest absolute Gasteiger partial charge is 0.397 e. The Kier molecular flexibility index (Phi) is 3.69. The molecule has 0 aliphatic heterocycles. The van der Waals surface area contributed by atoms with Gasteiger partial charge in [-0.1, -0.05) is 11.6 Å². The fraction of sp³-hybridized carbons (Fsp3) is 0. The summed E-state index contributed by atoms with van der Waals surface area (Å²) in [5.41, 5.74) is 6.18. The molecule has 0 aliphatic carbocycles. The van der Waals surface area contributed by atoms with Gasteiger partial charge in [0.1, 0.15) is 9.04 Å². The minimum atomic E-state index is -3.63. The standard InChI is InChI=1S/C13H8BrClN2O2S2/c14-11-10-5-8(16)6-17-12(10)20-13(11)21(18,19)9-3-1-7(15)2-4-9/h1-6H,16H2. The molecule has 2 aromatic heterocycles. The molecule has 3 rings (SSSR count). The zero-order valence-corrected chi connectivity index (χ0v) is 14.4. The molecular weight excluding hydrogens is 396 g/mol. The smallest absolute Gasteiger partial charge is 0.217 e. The van der Waals surface area contributed by atoms with Gasteiger partial charge >= 0.3 is 0 Å². The Morgan fingerprint density at radius 3 is 2.57 bits per heavy atom. The third-order valence-corrected chi connectivity index (χ3v) is 7.85. The molecule has 8 heteroatoms. The molecule has 0 amide bonds. The molecule has 0 aliphatic rings. The quantitative estimate of drug-likeness (QED) is 0.698. The third-order valence-electron chi connectivity index (χ3n) is 2.85. The predicted molar refractivity (Wildman–Crippen MR) is 88.6 cm³/mol. The van der Waals surface area contributed by atoms with E-state index in [2.05, 4.69) is 20.9 Å². The number of hydrogen-bond donors (Lipinski definition) is 1. The van der Waals surface area contributed by atoms with Crippen LogP contribution in [0.5, 0.6) is 0 Å². The Balaban J connectivity index is 2.24. The van der Waals surface area contributed by atoms with Crippen molar-refractivity contribution in [3.63, 3.8) is 0 Å². The number of nitrogens with two attached hydrogens (primary N) is 1. The minimum absolute atomic E-state index is 0.187. The van der Waals surface area contributed by atoms with Crippen molar-refractivity contribution in [2.24, 2.45) is 0 Å². The lowest BCUT2D eigenvalue weighted by Crippen LogP contribution is -1.99. The number of rotatable bonds is 2. The maximum Gasteiger partial charge on any atom is 0.217 e. The maximum atomic E-state index is 12.7. The Hall–Kier alpha value is -1.15. The van der Waals surface area contributed by atoms with Crippen LogP contribution in [0, 0.1) is 0 Å². The second kappa shape index (κ2) is 5.24. The molecule has 2 heterocycles. The Morgan fingerprint density at radius 2 is 1.90 bits per heavy atom. The van der Waals surface area contributed by atoms with Crippen LogP contribution in [-0.2, 0) is 9.84 Å². The highest BCUT2D eigenvalue weighted by Crippen LogP contribution is 2.40. The fourth-order valence-electron chi connectivity index (χ4n) is 1.84. The van der Waals surface area contributed by atoms with Crippen molar-refractivity contribution in [2.75, 3.05) is 5.73 Å². The van der Waals surface area contributed by atoms with E-state index in [0.29, 0.717) is 25.4 Å². The van der Waals surface area contributed by atoms with E-state index < -0.39 is 9.84 Å². The molecular formula is C13H8BrClN2O2S2. The minimum Gasteiger partial charge on any atom is -0.397 e. The van der Waals surface area contributed by atoms with Gasteiger partial charge in [-0.15, -0.1) is 11.3 Å². The van der Waals surface area contributed by atoms with E-state index in [9.17, 15) is 8.42 Å². The van der Waals surface area contributed by atoms with Crippen LogP contribution in [-0.4, -0.2) is 13.4 Å². The summed E-state index contributed by atoms with van der Waals surface area (Å²) >= 11 is 10.2. The molecule has 3 aromatic rings. The first-order chi connectivity index (χ1) is 9.89. The van der Waals surface area contributed by atoms with Crippen molar-refractivity contribution in [2.45, 2.75) is 9.10 Å². The summed E-state index contributed by atoms with van der Waals surface area (Å²) in [5, 5.41) is 1.17. The van der Waals surface area contributed by atoms with Crippen LogP contribution in [0.2, 0.25) is 5.02 Å². The van der Waals surface area contributed by atoms with Crippen molar-refractivity contribution in [1.82, 2.24) is 4.98 Å². The number of anilines is 1. The Labute approximate surface area is 138 Å². The van der Waals surface area contributed by atoms with E-state index in [-0.39, 0.29) is 9.10 Å². The van der Waals surface area contributed by atoms with Crippen molar-refractivity contribution in [3.8, 4) is 0 Å². The molecule has 0 spiro atoms. The maximum absolute atomic E-state index is 12.7. The molecule has 2 N–H and O–H groups in total. The first kappa shape index (κ1) is 14.8. The Morgan fingerprint density at radius 1 is 1.24 bits per heavy atom. The Bertz CT molecular complexity index is 937. The van der Waals surface area contributed by atoms with Gasteiger partial charge < -0.3 is 5.73 Å². The van der Waals surface area contributed by atoms with Crippen LogP contribution in [0.4, 0.5) is 5.69 Å². The number of pyridine rings is 1. The normalized spacial score (nSPS) is 11.9. The van der Waals surface area contributed by atoms with Gasteiger partial charge in [-0.25, -0.2) is 13.4 Å². The van der Waals surface area contributed by atoms with Gasteiger partial charge in [0.15, 0.2) is 0 Å². The number of halogens is 2. The van der Waals surface area contributed by atoms with Crippen molar-refractivity contribution in [1.29, 1.82) is 0 Å². The van der Waals surface area contributed by atoms with Crippen LogP contribution in [0.25, 0.3) is 10.2 Å². The second-order valence-corrected chi connectivity index (χ2v) is 8.66. The number of benzene rings is 1. The van der Waals surface area contributed by atoms with E-state index in [4.69, 9.17) is 17.3 Å². The van der Waals surface area contributed by atoms with Gasteiger partial charge in [0, 0.05) is 10.4 Å². The van der Waals surface area contributed by atoms with Crippen LogP contribution < -0.4 is 5.73 Å². The van der Waals surface area contributed by atoms with Gasteiger partial charge in [-0.2, -0.15) is 0 Å². The van der Waals surface area contributed by atoms with E-state index in [1.165, 1.54) is 18.3 Å². The van der Waals surface area contributed by atoms with Gasteiger partial charge in [0.2, 0.25) is 9.84 Å². The predicted octanol–water partition coefficient (Wildman–Crippen LogP) is 4.13. The average Bonchev–Trinajstić information content (AvgIpc) is 2.77. The van der Waals surface area contributed by atoms with Gasteiger partial charge in [0.05, 0.1) is 21.3 Å². The highest BCUT2D eigenvalue weighted by atomic mass is 79.9. The lowest BCUT2D eigenvalue weighted by atomic mass is 10.3. The zero-order valence-electron chi connectivity index (χ0n) is 10.4. The zero-order chi connectivity index (χ0) is 15.2. The summed E-state index contributed by atoms with van der Waals surface area (Å²) in [6.45, 7) is 0.